The number of rotatable bonds is 10. The van der Waals surface area contributed by atoms with Gasteiger partial charge in [-0.3, -0.25) is 9.69 Å². The van der Waals surface area contributed by atoms with Crippen LogP contribution in [0.1, 0.15) is 48.2 Å². The summed E-state index contributed by atoms with van der Waals surface area (Å²) in [6.45, 7) is 2.29. The van der Waals surface area contributed by atoms with E-state index in [1.165, 1.54) is 16.7 Å². The van der Waals surface area contributed by atoms with Gasteiger partial charge >= 0.3 is 0 Å². The predicted octanol–water partition coefficient (Wildman–Crippen LogP) is 6.39. The van der Waals surface area contributed by atoms with Crippen molar-refractivity contribution in [3.63, 3.8) is 0 Å². The molecule has 1 aromatic heterocycles. The summed E-state index contributed by atoms with van der Waals surface area (Å²) >= 11 is 0. The molecule has 0 aliphatic carbocycles. The number of hydrogen-bond donors (Lipinski definition) is 0. The van der Waals surface area contributed by atoms with Gasteiger partial charge in [-0.05, 0) is 35.2 Å². The average Bonchev–Trinajstić information content (AvgIpc) is 3.61. The quantitative estimate of drug-likeness (QED) is 0.216. The summed E-state index contributed by atoms with van der Waals surface area (Å²) < 4.78 is 0. The van der Waals surface area contributed by atoms with Gasteiger partial charge in [0.25, 0.3) is 0 Å². The molecule has 1 saturated heterocycles. The maximum absolute atomic E-state index is 13.1. The lowest BCUT2D eigenvalue weighted by molar-refractivity contribution is -0.132. The standard InChI is InChI=1S/C33H33N5O/c39-33-21-12-22-37(33)32(38-34-29-19-10-11-20-30(29)35-38)23-31(28-17-8-3-9-18-28)36(24-26-13-4-1-5-14-26)25-27-15-6-2-7-16-27/h1-11,13-20,31-32H,12,21-25H2. The zero-order valence-electron chi connectivity index (χ0n) is 22.0. The monoisotopic (exact) mass is 515 g/mol. The Balaban J connectivity index is 1.42. The van der Waals surface area contributed by atoms with E-state index in [0.717, 1.165) is 37.1 Å². The van der Waals surface area contributed by atoms with Gasteiger partial charge < -0.3 is 4.90 Å². The van der Waals surface area contributed by atoms with Gasteiger partial charge in [-0.15, -0.1) is 0 Å². The molecular weight excluding hydrogens is 482 g/mol. The van der Waals surface area contributed by atoms with E-state index < -0.39 is 0 Å². The van der Waals surface area contributed by atoms with Crippen LogP contribution in [0, 0.1) is 0 Å². The van der Waals surface area contributed by atoms with Gasteiger partial charge in [-0.25, -0.2) is 0 Å². The Bertz CT molecular complexity index is 1430. The van der Waals surface area contributed by atoms with Gasteiger partial charge in [0.2, 0.25) is 5.91 Å². The highest BCUT2D eigenvalue weighted by Gasteiger charge is 2.35. The molecule has 1 amide bonds. The fraction of sp³-hybridized carbons (Fsp3) is 0.242. The summed E-state index contributed by atoms with van der Waals surface area (Å²) in [7, 11) is 0. The second kappa shape index (κ2) is 11.6. The third kappa shape index (κ3) is 5.76. The Hall–Kier alpha value is -4.29. The minimum absolute atomic E-state index is 0.0270. The van der Waals surface area contributed by atoms with Crippen molar-refractivity contribution < 1.29 is 4.79 Å². The number of amides is 1. The number of likely N-dealkylation sites (tertiary alicyclic amines) is 1. The first-order valence-corrected chi connectivity index (χ1v) is 13.7. The first kappa shape index (κ1) is 25.0. The molecular formula is C33H33N5O. The summed E-state index contributed by atoms with van der Waals surface area (Å²) in [6, 6.07) is 39.8. The van der Waals surface area contributed by atoms with Crippen LogP contribution in [0.3, 0.4) is 0 Å². The van der Waals surface area contributed by atoms with Crippen molar-refractivity contribution in [1.82, 2.24) is 24.8 Å². The Kier molecular flexibility index (Phi) is 7.45. The molecule has 6 nitrogen and oxygen atoms in total. The molecule has 196 valence electrons. The highest BCUT2D eigenvalue weighted by atomic mass is 16.2. The first-order chi connectivity index (χ1) is 19.2. The molecule has 5 aromatic rings. The van der Waals surface area contributed by atoms with Crippen LogP contribution in [0.4, 0.5) is 0 Å². The molecule has 0 bridgehead atoms. The van der Waals surface area contributed by atoms with E-state index in [1.807, 2.05) is 29.2 Å². The molecule has 2 atom stereocenters. The number of carbonyl (C=O) groups excluding carboxylic acids is 1. The minimum Gasteiger partial charge on any atom is -0.319 e. The smallest absolute Gasteiger partial charge is 0.224 e. The second-order valence-corrected chi connectivity index (χ2v) is 10.2. The van der Waals surface area contributed by atoms with E-state index in [2.05, 4.69) is 95.9 Å². The molecule has 1 aliphatic heterocycles. The van der Waals surface area contributed by atoms with Crippen LogP contribution in [0.25, 0.3) is 11.0 Å². The number of aromatic nitrogens is 3. The highest BCUT2D eigenvalue weighted by Crippen LogP contribution is 2.35. The van der Waals surface area contributed by atoms with Crippen LogP contribution >= 0.6 is 0 Å². The SMILES string of the molecule is O=C1CCCN1C(CC(c1ccccc1)N(Cc1ccccc1)Cc1ccccc1)n1nc2ccccc2n1. The molecule has 0 radical (unpaired) electrons. The van der Waals surface area contributed by atoms with Crippen LogP contribution in [-0.4, -0.2) is 37.2 Å². The van der Waals surface area contributed by atoms with Crippen molar-refractivity contribution in [3.05, 3.63) is 132 Å². The number of hydrogen-bond acceptors (Lipinski definition) is 4. The molecule has 0 saturated carbocycles. The largest absolute Gasteiger partial charge is 0.319 e. The summed E-state index contributed by atoms with van der Waals surface area (Å²) in [5.74, 6) is 0.172. The Morgan fingerprint density at radius 2 is 1.21 bits per heavy atom. The first-order valence-electron chi connectivity index (χ1n) is 13.7. The fourth-order valence-corrected chi connectivity index (χ4v) is 5.62. The molecule has 4 aromatic carbocycles. The van der Waals surface area contributed by atoms with Crippen molar-refractivity contribution in [3.8, 4) is 0 Å². The highest BCUT2D eigenvalue weighted by molar-refractivity contribution is 5.78. The molecule has 2 heterocycles. The van der Waals surface area contributed by atoms with Gasteiger partial charge in [0, 0.05) is 38.5 Å². The second-order valence-electron chi connectivity index (χ2n) is 10.2. The summed E-state index contributed by atoms with van der Waals surface area (Å²) in [5, 5.41) is 9.72. The normalized spacial score (nSPS) is 15.2. The molecule has 39 heavy (non-hydrogen) atoms. The molecule has 1 fully saturated rings. The summed E-state index contributed by atoms with van der Waals surface area (Å²) in [6.07, 6.45) is 1.83. The predicted molar refractivity (Wildman–Crippen MR) is 153 cm³/mol. The van der Waals surface area contributed by atoms with Gasteiger partial charge in [0.1, 0.15) is 17.2 Å². The van der Waals surface area contributed by atoms with Crippen LogP contribution in [-0.2, 0) is 17.9 Å². The van der Waals surface area contributed by atoms with Gasteiger partial charge in [-0.2, -0.15) is 15.0 Å². The number of nitrogens with zero attached hydrogens (tertiary/aromatic N) is 5. The van der Waals surface area contributed by atoms with Crippen LogP contribution < -0.4 is 0 Å². The fourth-order valence-electron chi connectivity index (χ4n) is 5.62. The van der Waals surface area contributed by atoms with Crippen LogP contribution in [0.2, 0.25) is 0 Å². The number of fused-ring (bicyclic) bond motifs is 1. The molecule has 0 N–H and O–H groups in total. The maximum atomic E-state index is 13.1. The van der Waals surface area contributed by atoms with Crippen molar-refractivity contribution in [2.24, 2.45) is 0 Å². The van der Waals surface area contributed by atoms with Gasteiger partial charge in [0.15, 0.2) is 0 Å². The molecule has 0 spiro atoms. The topological polar surface area (TPSA) is 54.3 Å². The van der Waals surface area contributed by atoms with E-state index >= 15 is 0 Å². The number of benzene rings is 4. The maximum Gasteiger partial charge on any atom is 0.224 e. The lowest BCUT2D eigenvalue weighted by Crippen LogP contribution is -2.39. The van der Waals surface area contributed by atoms with E-state index in [-0.39, 0.29) is 18.1 Å². The van der Waals surface area contributed by atoms with Crippen molar-refractivity contribution in [2.45, 2.75) is 44.6 Å². The third-order valence-corrected chi connectivity index (χ3v) is 7.55. The van der Waals surface area contributed by atoms with Gasteiger partial charge in [-0.1, -0.05) is 103 Å². The van der Waals surface area contributed by atoms with Crippen molar-refractivity contribution in [1.29, 1.82) is 0 Å². The average molecular weight is 516 g/mol. The lowest BCUT2D eigenvalue weighted by Gasteiger charge is -2.37. The van der Waals surface area contributed by atoms with Crippen LogP contribution in [0.15, 0.2) is 115 Å². The lowest BCUT2D eigenvalue weighted by atomic mass is 9.98. The molecule has 6 rings (SSSR count). The number of carbonyl (C=O) groups is 1. The molecule has 6 heteroatoms. The molecule has 1 aliphatic rings. The van der Waals surface area contributed by atoms with E-state index in [4.69, 9.17) is 10.2 Å². The van der Waals surface area contributed by atoms with Crippen LogP contribution in [0.5, 0.6) is 0 Å². The van der Waals surface area contributed by atoms with Gasteiger partial charge in [0.05, 0.1) is 0 Å². The zero-order valence-corrected chi connectivity index (χ0v) is 22.0. The Morgan fingerprint density at radius 1 is 0.692 bits per heavy atom. The Labute approximate surface area is 229 Å². The Morgan fingerprint density at radius 3 is 1.72 bits per heavy atom. The molecule has 2 unspecified atom stereocenters. The summed E-state index contributed by atoms with van der Waals surface area (Å²) in [5.41, 5.74) is 5.42. The minimum atomic E-state index is -0.286. The van der Waals surface area contributed by atoms with E-state index in [9.17, 15) is 4.79 Å². The third-order valence-electron chi connectivity index (χ3n) is 7.55. The van der Waals surface area contributed by atoms with Crippen molar-refractivity contribution >= 4 is 16.9 Å². The van der Waals surface area contributed by atoms with Crippen molar-refractivity contribution in [2.75, 3.05) is 6.54 Å². The summed E-state index contributed by atoms with van der Waals surface area (Å²) in [4.78, 5) is 19.4. The zero-order chi connectivity index (χ0) is 26.4. The van der Waals surface area contributed by atoms with E-state index in [0.29, 0.717) is 12.8 Å². The van der Waals surface area contributed by atoms with E-state index in [1.54, 1.807) is 4.80 Å².